The van der Waals surface area contributed by atoms with Crippen molar-refractivity contribution in [3.8, 4) is 44.5 Å². The van der Waals surface area contributed by atoms with E-state index in [0.717, 1.165) is 11.4 Å². The molecule has 336 valence electrons. The number of fused-ring (bicyclic) bond motifs is 12. The zero-order valence-corrected chi connectivity index (χ0v) is 41.3. The van der Waals surface area contributed by atoms with Gasteiger partial charge in [-0.3, -0.25) is 0 Å². The van der Waals surface area contributed by atoms with Crippen molar-refractivity contribution in [1.82, 2.24) is 0 Å². The molecule has 2 nitrogen and oxygen atoms in total. The molecule has 0 amide bonds. The molecule has 2 heteroatoms. The normalized spacial score (nSPS) is 16.1. The van der Waals surface area contributed by atoms with Gasteiger partial charge in [0.05, 0.1) is 0 Å². The van der Waals surface area contributed by atoms with E-state index in [0.29, 0.717) is 0 Å². The SMILES string of the molecule is Cc1cc(N(c2ccccc2)c2ccc3c(c2)C(C)(C)c2ccccc2-3)cc2c1-c1cc3c(cc1C2(C)C)-c1ccc(N(c2ccccc2)c2ccc4c(c2)C(C)(C)c2ccccc2-4)cc1C3(C)C. The summed E-state index contributed by atoms with van der Waals surface area (Å²) in [5, 5.41) is 0. The van der Waals surface area contributed by atoms with Gasteiger partial charge in [-0.05, 0) is 186 Å². The van der Waals surface area contributed by atoms with Gasteiger partial charge in [-0.15, -0.1) is 0 Å². The highest BCUT2D eigenvalue weighted by Crippen LogP contribution is 2.59. The molecule has 4 aliphatic carbocycles. The van der Waals surface area contributed by atoms with Crippen LogP contribution < -0.4 is 9.80 Å². The van der Waals surface area contributed by atoms with E-state index in [9.17, 15) is 0 Å². The van der Waals surface area contributed by atoms with Crippen LogP contribution in [-0.2, 0) is 21.7 Å². The molecule has 9 aromatic carbocycles. The van der Waals surface area contributed by atoms with Crippen LogP contribution in [0, 0.1) is 6.92 Å². The molecular weight excluding hydrogens is 833 g/mol. The summed E-state index contributed by atoms with van der Waals surface area (Å²) >= 11 is 0. The average molecular weight is 891 g/mol. The van der Waals surface area contributed by atoms with Crippen LogP contribution in [0.1, 0.15) is 105 Å². The lowest BCUT2D eigenvalue weighted by atomic mass is 9.79. The fourth-order valence-electron chi connectivity index (χ4n) is 13.2. The second kappa shape index (κ2) is 14.3. The van der Waals surface area contributed by atoms with Gasteiger partial charge in [-0.25, -0.2) is 0 Å². The van der Waals surface area contributed by atoms with Crippen molar-refractivity contribution in [1.29, 1.82) is 0 Å². The number of benzene rings is 9. The molecule has 69 heavy (non-hydrogen) atoms. The minimum absolute atomic E-state index is 0.0903. The molecule has 13 rings (SSSR count). The number of rotatable bonds is 6. The molecule has 0 heterocycles. The topological polar surface area (TPSA) is 6.48 Å². The number of hydrogen-bond acceptors (Lipinski definition) is 2. The zero-order valence-electron chi connectivity index (χ0n) is 41.3. The molecule has 0 unspecified atom stereocenters. The van der Waals surface area contributed by atoms with E-state index in [-0.39, 0.29) is 21.7 Å². The van der Waals surface area contributed by atoms with Crippen molar-refractivity contribution in [3.63, 3.8) is 0 Å². The Morgan fingerprint density at radius 2 is 0.580 bits per heavy atom. The molecule has 0 saturated carbocycles. The number of anilines is 6. The minimum Gasteiger partial charge on any atom is -0.310 e. The average Bonchev–Trinajstić information content (AvgIpc) is 3.91. The third-order valence-electron chi connectivity index (χ3n) is 16.9. The molecule has 9 aromatic rings. The van der Waals surface area contributed by atoms with Crippen LogP contribution in [0.5, 0.6) is 0 Å². The summed E-state index contributed by atoms with van der Waals surface area (Å²) in [7, 11) is 0. The van der Waals surface area contributed by atoms with Gasteiger partial charge in [-0.2, -0.15) is 0 Å². The molecule has 0 fully saturated rings. The first-order chi connectivity index (χ1) is 33.2. The maximum Gasteiger partial charge on any atom is 0.0467 e. The molecule has 0 atom stereocenters. The van der Waals surface area contributed by atoms with E-state index in [1.807, 2.05) is 0 Å². The van der Waals surface area contributed by atoms with Gasteiger partial charge in [0.2, 0.25) is 0 Å². The molecular formula is C67H58N2. The Bertz CT molecular complexity index is 3620. The van der Waals surface area contributed by atoms with Gasteiger partial charge in [0.1, 0.15) is 0 Å². The Labute approximate surface area is 408 Å². The maximum absolute atomic E-state index is 2.56. The van der Waals surface area contributed by atoms with Crippen molar-refractivity contribution in [2.45, 2.75) is 84.0 Å². The van der Waals surface area contributed by atoms with Gasteiger partial charge in [0.15, 0.2) is 0 Å². The molecule has 0 saturated heterocycles. The number of nitrogens with zero attached hydrogens (tertiary/aromatic N) is 2. The summed E-state index contributed by atoms with van der Waals surface area (Å²) in [4.78, 5) is 4.93. The van der Waals surface area contributed by atoms with E-state index in [4.69, 9.17) is 0 Å². The van der Waals surface area contributed by atoms with Crippen LogP contribution in [0.3, 0.4) is 0 Å². The van der Waals surface area contributed by atoms with E-state index in [2.05, 4.69) is 260 Å². The number of hydrogen-bond donors (Lipinski definition) is 0. The Balaban J connectivity index is 0.903. The largest absolute Gasteiger partial charge is 0.310 e. The van der Waals surface area contributed by atoms with Crippen molar-refractivity contribution in [2.24, 2.45) is 0 Å². The fourth-order valence-corrected chi connectivity index (χ4v) is 13.2. The Kier molecular flexibility index (Phi) is 8.66. The third kappa shape index (κ3) is 5.78. The molecule has 0 radical (unpaired) electrons. The smallest absolute Gasteiger partial charge is 0.0467 e. The standard InChI is InChI=1S/C67H58N2/c1-41-34-47(69(43-22-14-11-15-23-43)46-29-32-51-49-25-17-19-27-56(49)65(4,5)58(51)37-46)38-62-63(41)54-40-60-53(39-61(54)67(62,8)9)52-33-30-45(36-59(52)66(60,6)7)68(42-20-12-10-13-21-42)44-28-31-50-48-24-16-18-26-55(48)64(2,3)57(50)35-44/h10-40H,1-9H3. The van der Waals surface area contributed by atoms with Crippen molar-refractivity contribution >= 4 is 34.1 Å². The fraction of sp³-hybridized carbons (Fsp3) is 0.194. The van der Waals surface area contributed by atoms with Crippen molar-refractivity contribution in [2.75, 3.05) is 9.80 Å². The summed E-state index contributed by atoms with van der Waals surface area (Å²) in [5.74, 6) is 0. The van der Waals surface area contributed by atoms with Crippen molar-refractivity contribution in [3.05, 3.63) is 238 Å². The third-order valence-corrected chi connectivity index (χ3v) is 16.9. The second-order valence-corrected chi connectivity index (χ2v) is 22.3. The van der Waals surface area contributed by atoms with Crippen LogP contribution in [0.2, 0.25) is 0 Å². The van der Waals surface area contributed by atoms with E-state index >= 15 is 0 Å². The molecule has 0 aliphatic heterocycles. The van der Waals surface area contributed by atoms with E-state index < -0.39 is 0 Å². The highest BCUT2D eigenvalue weighted by atomic mass is 15.1. The Morgan fingerprint density at radius 1 is 0.246 bits per heavy atom. The number of aryl methyl sites for hydroxylation is 1. The molecule has 0 bridgehead atoms. The molecule has 4 aliphatic rings. The summed E-state index contributed by atoms with van der Waals surface area (Å²) in [5.41, 5.74) is 29.7. The van der Waals surface area contributed by atoms with Crippen molar-refractivity contribution < 1.29 is 0 Å². The molecule has 0 aromatic heterocycles. The predicted octanol–water partition coefficient (Wildman–Crippen LogP) is 18.2. The van der Waals surface area contributed by atoms with Gasteiger partial charge < -0.3 is 9.80 Å². The Morgan fingerprint density at radius 3 is 1.07 bits per heavy atom. The van der Waals surface area contributed by atoms with Gasteiger partial charge in [0, 0.05) is 55.8 Å². The van der Waals surface area contributed by atoms with Crippen LogP contribution in [0.25, 0.3) is 44.5 Å². The summed E-state index contributed by atoms with van der Waals surface area (Å²) in [6.45, 7) is 21.6. The quantitative estimate of drug-likeness (QED) is 0.164. The highest BCUT2D eigenvalue weighted by molar-refractivity contribution is 5.95. The Hall–Kier alpha value is -7.42. The summed E-state index contributed by atoms with van der Waals surface area (Å²) in [6.07, 6.45) is 0. The summed E-state index contributed by atoms with van der Waals surface area (Å²) in [6, 6.07) is 71.2. The second-order valence-electron chi connectivity index (χ2n) is 22.3. The lowest BCUT2D eigenvalue weighted by molar-refractivity contribution is 0.652. The highest BCUT2D eigenvalue weighted by Gasteiger charge is 2.44. The van der Waals surface area contributed by atoms with E-state index in [1.165, 1.54) is 117 Å². The first-order valence-corrected chi connectivity index (χ1v) is 24.8. The number of para-hydroxylation sites is 2. The molecule has 0 N–H and O–H groups in total. The summed E-state index contributed by atoms with van der Waals surface area (Å²) < 4.78 is 0. The van der Waals surface area contributed by atoms with Crippen LogP contribution >= 0.6 is 0 Å². The molecule has 0 spiro atoms. The van der Waals surface area contributed by atoms with E-state index in [1.54, 1.807) is 0 Å². The first kappa shape index (κ1) is 41.7. The van der Waals surface area contributed by atoms with Crippen LogP contribution in [-0.4, -0.2) is 0 Å². The minimum atomic E-state index is -0.220. The first-order valence-electron chi connectivity index (χ1n) is 24.8. The van der Waals surface area contributed by atoms with Crippen LogP contribution in [0.4, 0.5) is 34.1 Å². The lowest BCUT2D eigenvalue weighted by Gasteiger charge is -2.30. The predicted molar refractivity (Wildman–Crippen MR) is 291 cm³/mol. The monoisotopic (exact) mass is 890 g/mol. The van der Waals surface area contributed by atoms with Gasteiger partial charge >= 0.3 is 0 Å². The van der Waals surface area contributed by atoms with Gasteiger partial charge in [-0.1, -0.05) is 159 Å². The lowest BCUT2D eigenvalue weighted by Crippen LogP contribution is -2.18. The van der Waals surface area contributed by atoms with Gasteiger partial charge in [0.25, 0.3) is 0 Å². The van der Waals surface area contributed by atoms with Crippen LogP contribution in [0.15, 0.2) is 188 Å². The maximum atomic E-state index is 2.56. The zero-order chi connectivity index (χ0) is 47.4.